The lowest BCUT2D eigenvalue weighted by Gasteiger charge is -1.88. The van der Waals surface area contributed by atoms with Crippen LogP contribution in [0, 0.1) is 0 Å². The van der Waals surface area contributed by atoms with Crippen molar-refractivity contribution in [3.8, 4) is 0 Å². The first kappa shape index (κ1) is 4.99. The maximum Gasteiger partial charge on any atom is 0.752 e. The standard InChI is InChI=1S/C4H3BO3Si/c6-9-7-4-2-1-3-5(4)8-9/h1-3H. The van der Waals surface area contributed by atoms with Crippen LogP contribution < -0.4 is 0 Å². The van der Waals surface area contributed by atoms with Crippen LogP contribution in [0.1, 0.15) is 0 Å². The number of hydrogen-bond donors (Lipinski definition) is 0. The highest BCUT2D eigenvalue weighted by atomic mass is 28.3. The molecular weight excluding hydrogens is 135 g/mol. The van der Waals surface area contributed by atoms with Crippen molar-refractivity contribution in [1.82, 2.24) is 0 Å². The molecule has 9 heavy (non-hydrogen) atoms. The van der Waals surface area contributed by atoms with Crippen LogP contribution in [-0.2, 0) is 13.2 Å². The Labute approximate surface area is 54.0 Å². The van der Waals surface area contributed by atoms with Crippen molar-refractivity contribution in [2.24, 2.45) is 0 Å². The van der Waals surface area contributed by atoms with Crippen molar-refractivity contribution in [2.45, 2.75) is 0 Å². The summed E-state index contributed by atoms with van der Waals surface area (Å²) < 4.78 is 20.2. The molecule has 0 N–H and O–H groups in total. The van der Waals surface area contributed by atoms with Crippen molar-refractivity contribution in [3.05, 3.63) is 23.8 Å². The topological polar surface area (TPSA) is 35.5 Å². The van der Waals surface area contributed by atoms with E-state index in [2.05, 4.69) is 0 Å². The lowest BCUT2D eigenvalue weighted by Crippen LogP contribution is -2.09. The normalized spacial score (nSPS) is 21.1. The van der Waals surface area contributed by atoms with Gasteiger partial charge in [-0.2, -0.15) is 0 Å². The molecule has 0 aliphatic carbocycles. The van der Waals surface area contributed by atoms with Gasteiger partial charge in [-0.05, 0) is 6.08 Å². The molecule has 0 bridgehead atoms. The summed E-state index contributed by atoms with van der Waals surface area (Å²) in [4.78, 5) is 0. The van der Waals surface area contributed by atoms with Gasteiger partial charge in [0.2, 0.25) is 0 Å². The second kappa shape index (κ2) is 1.57. The Balaban J connectivity index is 2.30. The molecule has 0 aromatic rings. The quantitative estimate of drug-likeness (QED) is 0.441. The number of allylic oxidation sites excluding steroid dienone is 2. The van der Waals surface area contributed by atoms with Crippen LogP contribution in [0.4, 0.5) is 0 Å². The van der Waals surface area contributed by atoms with E-state index in [0.717, 1.165) is 0 Å². The third-order valence-corrected chi connectivity index (χ3v) is 2.10. The fourth-order valence-electron chi connectivity index (χ4n) is 0.854. The summed E-state index contributed by atoms with van der Waals surface area (Å²) in [5, 5.41) is 0. The summed E-state index contributed by atoms with van der Waals surface area (Å²) in [7, 11) is -2.18. The zero-order valence-electron chi connectivity index (χ0n) is 4.53. The predicted molar refractivity (Wildman–Crippen MR) is 31.6 cm³/mol. The first-order valence-corrected chi connectivity index (χ1v) is 3.85. The number of rotatable bonds is 0. The Hall–Kier alpha value is -0.838. The second-order valence-electron chi connectivity index (χ2n) is 1.84. The Morgan fingerprint density at radius 3 is 3.33 bits per heavy atom. The molecule has 44 valence electrons. The molecule has 0 atom stereocenters. The van der Waals surface area contributed by atoms with Crippen molar-refractivity contribution < 1.29 is 13.2 Å². The van der Waals surface area contributed by atoms with Crippen molar-refractivity contribution in [2.75, 3.05) is 0 Å². The molecule has 0 saturated carbocycles. The smallest absolute Gasteiger partial charge is 0.560 e. The molecule has 5 heteroatoms. The van der Waals surface area contributed by atoms with E-state index in [0.29, 0.717) is 5.66 Å². The average molecular weight is 138 g/mol. The molecule has 0 aromatic heterocycles. The van der Waals surface area contributed by atoms with Gasteiger partial charge in [-0.15, -0.1) is 0 Å². The fourth-order valence-corrected chi connectivity index (χ4v) is 1.68. The largest absolute Gasteiger partial charge is 0.752 e. The molecule has 0 aromatic carbocycles. The Bertz CT molecular complexity index is 222. The van der Waals surface area contributed by atoms with E-state index in [1.807, 2.05) is 12.1 Å². The first-order valence-electron chi connectivity index (χ1n) is 2.63. The highest BCUT2D eigenvalue weighted by Gasteiger charge is 2.38. The molecule has 0 radical (unpaired) electrons. The van der Waals surface area contributed by atoms with E-state index in [1.165, 1.54) is 0 Å². The van der Waals surface area contributed by atoms with Gasteiger partial charge in [0, 0.05) is 0 Å². The molecule has 2 aliphatic heterocycles. The molecule has 3 nitrogen and oxygen atoms in total. The third kappa shape index (κ3) is 0.648. The van der Waals surface area contributed by atoms with Crippen molar-refractivity contribution in [3.63, 3.8) is 0 Å². The SMILES string of the molecule is O=[Si]1OB2C=CC=C2O1. The maximum atomic E-state index is 10.5. The predicted octanol–water partition coefficient (Wildman–Crippen LogP) is -0.0278. The third-order valence-electron chi connectivity index (χ3n) is 1.25. The van der Waals surface area contributed by atoms with Crippen molar-refractivity contribution >= 4 is 16.1 Å². The summed E-state index contributed by atoms with van der Waals surface area (Å²) in [6.07, 6.45) is 3.59. The van der Waals surface area contributed by atoms with E-state index in [4.69, 9.17) is 8.77 Å². The van der Waals surface area contributed by atoms with Gasteiger partial charge in [0.05, 0.1) is 0 Å². The van der Waals surface area contributed by atoms with E-state index in [1.54, 1.807) is 6.08 Å². The summed E-state index contributed by atoms with van der Waals surface area (Å²) in [6, 6.07) is 0. The highest BCUT2D eigenvalue weighted by molar-refractivity contribution is 6.73. The average Bonchev–Trinajstić information content (AvgIpc) is 2.22. The lowest BCUT2D eigenvalue weighted by atomic mass is 9.69. The summed E-state index contributed by atoms with van der Waals surface area (Å²) in [5.41, 5.74) is 0.680. The molecule has 0 unspecified atom stereocenters. The Morgan fingerprint density at radius 2 is 2.56 bits per heavy atom. The molecule has 1 saturated heterocycles. The van der Waals surface area contributed by atoms with Gasteiger partial charge < -0.3 is 8.77 Å². The van der Waals surface area contributed by atoms with Crippen molar-refractivity contribution in [1.29, 1.82) is 0 Å². The minimum Gasteiger partial charge on any atom is -0.560 e. The number of hydrogen-bond acceptors (Lipinski definition) is 3. The van der Waals surface area contributed by atoms with Gasteiger partial charge in [0.25, 0.3) is 0 Å². The minimum absolute atomic E-state index is 0.156. The molecule has 1 fully saturated rings. The first-order chi connectivity index (χ1) is 4.36. The monoisotopic (exact) mass is 138 g/mol. The van der Waals surface area contributed by atoms with E-state index in [-0.39, 0.29) is 6.92 Å². The van der Waals surface area contributed by atoms with Crippen LogP contribution in [0.3, 0.4) is 0 Å². The van der Waals surface area contributed by atoms with Crippen LogP contribution >= 0.6 is 0 Å². The Morgan fingerprint density at radius 1 is 1.67 bits per heavy atom. The summed E-state index contributed by atoms with van der Waals surface area (Å²) >= 11 is 0. The van der Waals surface area contributed by atoms with Crippen LogP contribution in [0.15, 0.2) is 23.8 Å². The molecule has 0 spiro atoms. The van der Waals surface area contributed by atoms with Crippen LogP contribution in [0.5, 0.6) is 0 Å². The van der Waals surface area contributed by atoms with E-state index < -0.39 is 9.17 Å². The molecule has 2 aliphatic rings. The second-order valence-corrected chi connectivity index (χ2v) is 2.78. The van der Waals surface area contributed by atoms with Gasteiger partial charge in [0.15, 0.2) is 0 Å². The van der Waals surface area contributed by atoms with Crippen LogP contribution in [-0.4, -0.2) is 16.1 Å². The highest BCUT2D eigenvalue weighted by Crippen LogP contribution is 2.18. The lowest BCUT2D eigenvalue weighted by molar-refractivity contribution is 0.349. The zero-order chi connectivity index (χ0) is 6.27. The molecule has 0 amide bonds. The van der Waals surface area contributed by atoms with Crippen LogP contribution in [0.2, 0.25) is 0 Å². The van der Waals surface area contributed by atoms with Gasteiger partial charge in [-0.1, -0.05) is 12.1 Å². The molecule has 2 rings (SSSR count). The fraction of sp³-hybridized carbons (Fsp3) is 0. The molecular formula is C4H3BO3Si. The van der Waals surface area contributed by atoms with Gasteiger partial charge in [-0.3, -0.25) is 4.46 Å². The summed E-state index contributed by atoms with van der Waals surface area (Å²) in [6.45, 7) is -0.156. The number of fused-ring (bicyclic) bond motifs is 1. The van der Waals surface area contributed by atoms with E-state index >= 15 is 0 Å². The minimum atomic E-state index is -2.18. The van der Waals surface area contributed by atoms with Gasteiger partial charge in [-0.25, -0.2) is 0 Å². The Kier molecular flexibility index (Phi) is 0.870. The maximum absolute atomic E-state index is 10.5. The summed E-state index contributed by atoms with van der Waals surface area (Å²) in [5.74, 6) is 1.81. The van der Waals surface area contributed by atoms with Crippen LogP contribution in [0.25, 0.3) is 0 Å². The molecule has 2 heterocycles. The zero-order valence-corrected chi connectivity index (χ0v) is 5.53. The van der Waals surface area contributed by atoms with Gasteiger partial charge in [0.1, 0.15) is 5.66 Å². The van der Waals surface area contributed by atoms with E-state index in [9.17, 15) is 4.46 Å². The van der Waals surface area contributed by atoms with Gasteiger partial charge >= 0.3 is 16.1 Å².